The number of likely N-dealkylation sites (tertiary alicyclic amines) is 1. The fourth-order valence-corrected chi connectivity index (χ4v) is 4.21. The zero-order chi connectivity index (χ0) is 24.1. The largest absolute Gasteiger partial charge is 0.507 e. The molecule has 1 aromatic heterocycles. The number of pyridine rings is 1. The molecule has 1 saturated heterocycles. The highest BCUT2D eigenvalue weighted by Crippen LogP contribution is 2.40. The summed E-state index contributed by atoms with van der Waals surface area (Å²) in [5, 5.41) is 11.3. The van der Waals surface area contributed by atoms with E-state index in [-0.39, 0.29) is 17.9 Å². The highest BCUT2D eigenvalue weighted by atomic mass is 79.9. The number of hydrogen-bond donors (Lipinski definition) is 1. The van der Waals surface area contributed by atoms with Crippen molar-refractivity contribution in [3.8, 4) is 5.75 Å². The summed E-state index contributed by atoms with van der Waals surface area (Å²) in [6.07, 6.45) is 5.24. The van der Waals surface area contributed by atoms with Crippen molar-refractivity contribution in [1.29, 1.82) is 0 Å². The smallest absolute Gasteiger partial charge is 0.295 e. The molecule has 0 bridgehead atoms. The molecule has 3 aromatic rings. The first-order valence-electron chi connectivity index (χ1n) is 11.2. The van der Waals surface area contributed by atoms with Crippen molar-refractivity contribution in [2.75, 3.05) is 6.61 Å². The maximum Gasteiger partial charge on any atom is 0.295 e. The second-order valence-electron chi connectivity index (χ2n) is 8.07. The van der Waals surface area contributed by atoms with Crippen molar-refractivity contribution in [2.45, 2.75) is 32.4 Å². The van der Waals surface area contributed by atoms with Gasteiger partial charge in [0.25, 0.3) is 11.7 Å². The Labute approximate surface area is 207 Å². The first kappa shape index (κ1) is 23.7. The van der Waals surface area contributed by atoms with Crippen LogP contribution in [0.2, 0.25) is 0 Å². The van der Waals surface area contributed by atoms with Gasteiger partial charge in [-0.25, -0.2) is 0 Å². The summed E-state index contributed by atoms with van der Waals surface area (Å²) in [7, 11) is 0. The van der Waals surface area contributed by atoms with Gasteiger partial charge in [-0.3, -0.25) is 14.6 Å². The molecule has 4 rings (SSSR count). The maximum absolute atomic E-state index is 13.2. The fraction of sp³-hybridized carbons (Fsp3) is 0.222. The predicted molar refractivity (Wildman–Crippen MR) is 133 cm³/mol. The van der Waals surface area contributed by atoms with Crippen LogP contribution in [0.1, 0.15) is 42.5 Å². The number of carbonyl (C=O) groups excluding carboxylic acids is 2. The van der Waals surface area contributed by atoms with Crippen LogP contribution in [-0.2, 0) is 16.1 Å². The van der Waals surface area contributed by atoms with Crippen molar-refractivity contribution < 1.29 is 19.4 Å². The predicted octanol–water partition coefficient (Wildman–Crippen LogP) is 5.64. The van der Waals surface area contributed by atoms with Gasteiger partial charge in [-0.15, -0.1) is 0 Å². The van der Waals surface area contributed by atoms with Crippen LogP contribution in [0, 0.1) is 0 Å². The lowest BCUT2D eigenvalue weighted by Crippen LogP contribution is -2.29. The van der Waals surface area contributed by atoms with Crippen LogP contribution in [0.5, 0.6) is 5.75 Å². The molecular weight excluding hydrogens is 496 g/mol. The Morgan fingerprint density at radius 1 is 1.12 bits per heavy atom. The summed E-state index contributed by atoms with van der Waals surface area (Å²) in [5.41, 5.74) is 2.00. The number of carbonyl (C=O) groups is 2. The van der Waals surface area contributed by atoms with E-state index in [4.69, 9.17) is 4.74 Å². The van der Waals surface area contributed by atoms with Gasteiger partial charge in [-0.2, -0.15) is 0 Å². The lowest BCUT2D eigenvalue weighted by Gasteiger charge is -2.25. The van der Waals surface area contributed by atoms with Gasteiger partial charge >= 0.3 is 0 Å². The molecule has 1 unspecified atom stereocenters. The van der Waals surface area contributed by atoms with Crippen LogP contribution in [0.3, 0.4) is 0 Å². The van der Waals surface area contributed by atoms with Crippen molar-refractivity contribution >= 4 is 33.4 Å². The third kappa shape index (κ3) is 5.04. The number of nitrogens with zero attached hydrogens (tertiary/aromatic N) is 2. The average molecular weight is 521 g/mol. The van der Waals surface area contributed by atoms with E-state index in [1.165, 1.54) is 4.90 Å². The molecular formula is C27H25BrN2O4. The van der Waals surface area contributed by atoms with Crippen LogP contribution in [0.15, 0.2) is 83.1 Å². The summed E-state index contributed by atoms with van der Waals surface area (Å²) >= 11 is 3.43. The van der Waals surface area contributed by atoms with E-state index in [0.29, 0.717) is 17.9 Å². The highest BCUT2D eigenvalue weighted by Gasteiger charge is 2.46. The lowest BCUT2D eigenvalue weighted by atomic mass is 9.95. The zero-order valence-corrected chi connectivity index (χ0v) is 20.4. The molecule has 1 atom stereocenters. The number of ether oxygens (including phenoxy) is 1. The first-order valence-corrected chi connectivity index (χ1v) is 11.9. The van der Waals surface area contributed by atoms with Crippen LogP contribution in [-0.4, -0.2) is 33.3 Å². The number of aliphatic hydroxyl groups excluding tert-OH is 1. The number of aliphatic hydroxyl groups is 1. The normalized spacial score (nSPS) is 17.2. The summed E-state index contributed by atoms with van der Waals surface area (Å²) < 4.78 is 6.64. The van der Waals surface area contributed by atoms with Crippen molar-refractivity contribution in [3.05, 3.63) is 99.8 Å². The molecule has 1 amide bonds. The number of aromatic nitrogens is 1. The molecule has 1 aliphatic rings. The Bertz CT molecular complexity index is 1210. The Morgan fingerprint density at radius 3 is 2.62 bits per heavy atom. The summed E-state index contributed by atoms with van der Waals surface area (Å²) in [5.74, 6) is -0.997. The Balaban J connectivity index is 1.78. The summed E-state index contributed by atoms with van der Waals surface area (Å²) in [6.45, 7) is 2.84. The van der Waals surface area contributed by atoms with Crippen molar-refractivity contribution in [2.24, 2.45) is 0 Å². The number of rotatable bonds is 8. The minimum absolute atomic E-state index is 0.0573. The number of ketones is 1. The Hall–Kier alpha value is -3.45. The van der Waals surface area contributed by atoms with Crippen LogP contribution in [0.25, 0.3) is 5.76 Å². The molecule has 1 fully saturated rings. The maximum atomic E-state index is 13.2. The molecule has 1 aliphatic heterocycles. The van der Waals surface area contributed by atoms with Crippen molar-refractivity contribution in [1.82, 2.24) is 9.88 Å². The van der Waals surface area contributed by atoms with Gasteiger partial charge in [0.2, 0.25) is 0 Å². The summed E-state index contributed by atoms with van der Waals surface area (Å²) in [4.78, 5) is 31.9. The van der Waals surface area contributed by atoms with Gasteiger partial charge in [-0.05, 0) is 47.9 Å². The minimum atomic E-state index is -0.738. The second-order valence-corrected chi connectivity index (χ2v) is 8.99. The van der Waals surface area contributed by atoms with Crippen LogP contribution < -0.4 is 4.74 Å². The average Bonchev–Trinajstić information content (AvgIpc) is 3.10. The van der Waals surface area contributed by atoms with Crippen molar-refractivity contribution in [3.63, 3.8) is 0 Å². The van der Waals surface area contributed by atoms with Gasteiger partial charge in [0, 0.05) is 29.0 Å². The van der Waals surface area contributed by atoms with E-state index in [2.05, 4.69) is 27.8 Å². The fourth-order valence-electron chi connectivity index (χ4n) is 3.95. The van der Waals surface area contributed by atoms with Gasteiger partial charge in [0.05, 0.1) is 18.2 Å². The molecule has 0 aliphatic carbocycles. The molecule has 0 saturated carbocycles. The van der Waals surface area contributed by atoms with E-state index in [1.807, 2.05) is 30.3 Å². The number of amides is 1. The molecule has 0 spiro atoms. The van der Waals surface area contributed by atoms with E-state index in [1.54, 1.807) is 42.7 Å². The number of benzene rings is 2. The van der Waals surface area contributed by atoms with Gasteiger partial charge < -0.3 is 14.7 Å². The molecule has 2 heterocycles. The third-order valence-corrected chi connectivity index (χ3v) is 6.20. The van der Waals surface area contributed by atoms with E-state index in [0.717, 1.165) is 28.4 Å². The number of unbranched alkanes of at least 4 members (excludes halogenated alkanes) is 1. The quantitative estimate of drug-likeness (QED) is 0.180. The van der Waals surface area contributed by atoms with Crippen LogP contribution in [0.4, 0.5) is 0 Å². The molecule has 7 heteroatoms. The molecule has 0 radical (unpaired) electrons. The molecule has 174 valence electrons. The zero-order valence-electron chi connectivity index (χ0n) is 18.8. The SMILES string of the molecule is CCCCOc1cccc(C(O)=C2C(=O)C(=O)N(Cc3cccnc3)C2c2ccc(Br)cc2)c1. The van der Waals surface area contributed by atoms with Gasteiger partial charge in [-0.1, -0.05) is 59.6 Å². The minimum Gasteiger partial charge on any atom is -0.507 e. The number of hydrogen-bond acceptors (Lipinski definition) is 5. The van der Waals surface area contributed by atoms with E-state index < -0.39 is 17.7 Å². The Morgan fingerprint density at radius 2 is 1.91 bits per heavy atom. The number of Topliss-reactive ketones (excluding diaryl/α,β-unsaturated/α-hetero) is 1. The van der Waals surface area contributed by atoms with Gasteiger partial charge in [0.15, 0.2) is 0 Å². The molecule has 1 N–H and O–H groups in total. The summed E-state index contributed by atoms with van der Waals surface area (Å²) in [6, 6.07) is 17.2. The molecule has 34 heavy (non-hydrogen) atoms. The standard InChI is InChI=1S/C27H25BrN2O4/c1-2-3-14-34-22-8-4-7-20(15-22)25(31)23-24(19-9-11-21(28)12-10-19)30(27(33)26(23)32)17-18-6-5-13-29-16-18/h4-13,15-16,24,31H,2-3,14,17H2,1H3. The third-order valence-electron chi connectivity index (χ3n) is 5.68. The molecule has 6 nitrogen and oxygen atoms in total. The topological polar surface area (TPSA) is 79.7 Å². The second kappa shape index (κ2) is 10.7. The highest BCUT2D eigenvalue weighted by molar-refractivity contribution is 9.10. The van der Waals surface area contributed by atoms with E-state index >= 15 is 0 Å². The number of halogens is 1. The molecule has 2 aromatic carbocycles. The van der Waals surface area contributed by atoms with Crippen LogP contribution >= 0.6 is 15.9 Å². The lowest BCUT2D eigenvalue weighted by molar-refractivity contribution is -0.140. The van der Waals surface area contributed by atoms with E-state index in [9.17, 15) is 14.7 Å². The van der Waals surface area contributed by atoms with Gasteiger partial charge in [0.1, 0.15) is 11.5 Å². The Kier molecular flexibility index (Phi) is 7.43. The monoisotopic (exact) mass is 520 g/mol. The first-order chi connectivity index (χ1) is 16.5.